The molecule has 8 rings (SSSR count). The number of pyridine rings is 6. The Morgan fingerprint density at radius 3 is 1.65 bits per heavy atom. The zero-order valence-electron chi connectivity index (χ0n) is 25.6. The van der Waals surface area contributed by atoms with Gasteiger partial charge in [-0.25, -0.2) is 23.8 Å². The van der Waals surface area contributed by atoms with Crippen LogP contribution in [0.15, 0.2) is 135 Å². The van der Waals surface area contributed by atoms with Gasteiger partial charge in [-0.1, -0.05) is 42.9 Å². The Kier molecular flexibility index (Phi) is 9.48. The second kappa shape index (κ2) is 14.6. The normalized spacial score (nSPS) is 10.2. The summed E-state index contributed by atoms with van der Waals surface area (Å²) in [5, 5.41) is 0.446. The first-order valence-corrected chi connectivity index (χ1v) is 15.0. The minimum Gasteiger partial charge on any atom is -0.362 e. The average Bonchev–Trinajstić information content (AvgIpc) is 3.76. The predicted octanol–water partition coefficient (Wildman–Crippen LogP) is 9.00. The molecule has 0 aliphatic carbocycles. The minimum absolute atomic E-state index is 0.446. The molecule has 8 aromatic rings. The number of halogens is 1. The number of aryl methyl sites for hydroxylation is 1. The van der Waals surface area contributed by atoms with Crippen LogP contribution in [0.3, 0.4) is 0 Å². The zero-order valence-corrected chi connectivity index (χ0v) is 26.3. The van der Waals surface area contributed by atoms with Crippen molar-refractivity contribution in [3.63, 3.8) is 0 Å². The Morgan fingerprint density at radius 1 is 0.562 bits per heavy atom. The Hall–Kier alpha value is -6.75. The summed E-state index contributed by atoms with van der Waals surface area (Å²) in [7, 11) is 0. The van der Waals surface area contributed by atoms with Gasteiger partial charge in [-0.15, -0.1) is 0 Å². The van der Waals surface area contributed by atoms with Gasteiger partial charge >= 0.3 is 0 Å². The van der Waals surface area contributed by atoms with Crippen LogP contribution in [-0.4, -0.2) is 38.7 Å². The lowest BCUT2D eigenvalue weighted by Gasteiger charge is -2.07. The quantitative estimate of drug-likeness (QED) is 0.141. The fraction of sp³-hybridized carbons (Fsp3) is 0.0270. The lowest BCUT2D eigenvalue weighted by Crippen LogP contribution is -1.92. The van der Waals surface area contributed by atoms with E-state index >= 15 is 0 Å². The third-order valence-electron chi connectivity index (χ3n) is 7.11. The van der Waals surface area contributed by atoms with Crippen molar-refractivity contribution < 1.29 is 0 Å². The highest BCUT2D eigenvalue weighted by atomic mass is 35.5. The Bertz CT molecular complexity index is 2410. The van der Waals surface area contributed by atoms with Crippen molar-refractivity contribution >= 4 is 34.5 Å². The number of imidazole rings is 2. The molecule has 0 radical (unpaired) electrons. The largest absolute Gasteiger partial charge is 0.362 e. The van der Waals surface area contributed by atoms with Crippen molar-refractivity contribution in [2.45, 2.75) is 6.92 Å². The molecule has 0 N–H and O–H groups in total. The Labute approximate surface area is 281 Å². The number of rotatable bonds is 3. The lowest BCUT2D eigenvalue weighted by molar-refractivity contribution is 1.20. The second-order valence-corrected chi connectivity index (χ2v) is 10.5. The summed E-state index contributed by atoms with van der Waals surface area (Å²) >= 11 is 6.06. The summed E-state index contributed by atoms with van der Waals surface area (Å²) in [4.78, 5) is 32.2. The van der Waals surface area contributed by atoms with Gasteiger partial charge in [0.05, 0.1) is 36.2 Å². The highest BCUT2D eigenvalue weighted by Gasteiger charge is 2.13. The van der Waals surface area contributed by atoms with Crippen molar-refractivity contribution in [2.24, 2.45) is 0 Å². The third-order valence-corrected chi connectivity index (χ3v) is 7.41. The SMILES string of the molecule is Cc1ccccn1.[C-]#[N+]c1cnc2ccc(-c3cccnc3-c3ccccn3)cn12.[C-]#[N+]c1cnc2ccc(-c3cccnc3Cl)cn12. The molecule has 0 aliphatic heterocycles. The van der Waals surface area contributed by atoms with Gasteiger partial charge in [-0.05, 0) is 61.5 Å². The monoisotopic (exact) mass is 644 g/mol. The molecule has 0 amide bonds. The first kappa shape index (κ1) is 31.2. The molecule has 0 saturated carbocycles. The van der Waals surface area contributed by atoms with Gasteiger partial charge in [0.15, 0.2) is 0 Å². The molecule has 0 fully saturated rings. The average molecular weight is 645 g/mol. The third kappa shape index (κ3) is 6.90. The molecule has 0 bridgehead atoms. The van der Waals surface area contributed by atoms with E-state index in [1.165, 1.54) is 0 Å². The molecule has 11 heteroatoms. The van der Waals surface area contributed by atoms with E-state index in [1.54, 1.807) is 46.0 Å². The van der Waals surface area contributed by atoms with Gasteiger partial charge in [-0.2, -0.15) is 0 Å². The molecule has 230 valence electrons. The zero-order chi connectivity index (χ0) is 33.3. The van der Waals surface area contributed by atoms with Crippen LogP contribution in [0.25, 0.3) is 54.6 Å². The van der Waals surface area contributed by atoms with Gasteiger partial charge in [-0.3, -0.25) is 15.0 Å². The minimum atomic E-state index is 0.446. The summed E-state index contributed by atoms with van der Waals surface area (Å²) in [6, 6.07) is 26.9. The van der Waals surface area contributed by atoms with Crippen LogP contribution in [-0.2, 0) is 0 Å². The first-order chi connectivity index (χ1) is 23.6. The van der Waals surface area contributed by atoms with E-state index in [-0.39, 0.29) is 0 Å². The maximum atomic E-state index is 7.24. The molecule has 48 heavy (non-hydrogen) atoms. The fourth-order valence-electron chi connectivity index (χ4n) is 4.81. The topological polar surface area (TPSA) is 94.9 Å². The van der Waals surface area contributed by atoms with E-state index in [9.17, 15) is 0 Å². The fourth-order valence-corrected chi connectivity index (χ4v) is 5.04. The van der Waals surface area contributed by atoms with Gasteiger partial charge < -0.3 is 9.69 Å². The Balaban J connectivity index is 0.000000142. The van der Waals surface area contributed by atoms with Crippen LogP contribution in [0.5, 0.6) is 0 Å². The van der Waals surface area contributed by atoms with Crippen LogP contribution >= 0.6 is 11.6 Å². The molecule has 8 heterocycles. The van der Waals surface area contributed by atoms with E-state index in [4.69, 9.17) is 24.7 Å². The smallest absolute Gasteiger partial charge is 0.254 e. The molecule has 10 nitrogen and oxygen atoms in total. The highest BCUT2D eigenvalue weighted by Crippen LogP contribution is 2.30. The molecule has 0 spiro atoms. The summed E-state index contributed by atoms with van der Waals surface area (Å²) in [6.45, 7) is 16.3. The second-order valence-electron chi connectivity index (χ2n) is 10.2. The molecule has 0 atom stereocenters. The van der Waals surface area contributed by atoms with Gasteiger partial charge in [0.2, 0.25) is 11.3 Å². The van der Waals surface area contributed by atoms with E-state index in [1.807, 2.05) is 104 Å². The maximum absolute atomic E-state index is 7.24. The van der Waals surface area contributed by atoms with Crippen LogP contribution < -0.4 is 0 Å². The molecule has 0 aliphatic rings. The molecule has 0 unspecified atom stereocenters. The maximum Gasteiger partial charge on any atom is 0.254 e. The summed E-state index contributed by atoms with van der Waals surface area (Å²) in [5.41, 5.74) is 7.88. The van der Waals surface area contributed by atoms with Crippen LogP contribution in [0.2, 0.25) is 5.15 Å². The van der Waals surface area contributed by atoms with Gasteiger partial charge in [0, 0.05) is 64.9 Å². The van der Waals surface area contributed by atoms with E-state index in [2.05, 4.69) is 39.6 Å². The number of aromatic nitrogens is 8. The van der Waals surface area contributed by atoms with Gasteiger partial charge in [0.25, 0.3) is 11.6 Å². The number of fused-ring (bicyclic) bond motifs is 2. The van der Waals surface area contributed by atoms with Crippen molar-refractivity contribution in [3.8, 4) is 33.6 Å². The summed E-state index contributed by atoms with van der Waals surface area (Å²) in [5.74, 6) is 0.969. The van der Waals surface area contributed by atoms with E-state index in [0.717, 1.165) is 50.6 Å². The van der Waals surface area contributed by atoms with Crippen LogP contribution in [0.4, 0.5) is 11.6 Å². The predicted molar refractivity (Wildman–Crippen MR) is 187 cm³/mol. The van der Waals surface area contributed by atoms with Crippen molar-refractivity contribution in [2.75, 3.05) is 0 Å². The molecule has 8 aromatic heterocycles. The van der Waals surface area contributed by atoms with Crippen molar-refractivity contribution in [3.05, 3.63) is 168 Å². The number of nitrogens with zero attached hydrogens (tertiary/aromatic N) is 10. The first-order valence-electron chi connectivity index (χ1n) is 14.6. The van der Waals surface area contributed by atoms with E-state index in [0.29, 0.717) is 16.8 Å². The molecule has 0 aromatic carbocycles. The van der Waals surface area contributed by atoms with Crippen molar-refractivity contribution in [1.82, 2.24) is 38.7 Å². The van der Waals surface area contributed by atoms with Crippen LogP contribution in [0, 0.1) is 20.1 Å². The summed E-state index contributed by atoms with van der Waals surface area (Å²) in [6.07, 6.45) is 13.8. The van der Waals surface area contributed by atoms with E-state index < -0.39 is 0 Å². The molecular formula is C37H25ClN10. The van der Waals surface area contributed by atoms with Crippen molar-refractivity contribution in [1.29, 1.82) is 0 Å². The number of hydrogen-bond acceptors (Lipinski definition) is 6. The molecule has 0 saturated heterocycles. The van der Waals surface area contributed by atoms with Gasteiger partial charge in [0.1, 0.15) is 5.15 Å². The number of hydrogen-bond donors (Lipinski definition) is 0. The summed E-state index contributed by atoms with van der Waals surface area (Å²) < 4.78 is 3.53. The lowest BCUT2D eigenvalue weighted by atomic mass is 10.0. The highest BCUT2D eigenvalue weighted by molar-refractivity contribution is 6.32. The van der Waals surface area contributed by atoms with Crippen LogP contribution in [0.1, 0.15) is 5.69 Å². The molecular weight excluding hydrogens is 620 g/mol. The standard InChI is InChI=1S/C18H11N5.C13H7ClN4.C6H7N/c1-19-17-11-22-16-8-7-13(12-23(16)17)14-5-4-10-21-18(14)15-6-2-3-9-20-15;1-15-12-7-17-11-5-4-9(8-18(11)12)10-3-2-6-16-13(10)14;1-6-4-2-3-5-7-6/h2-12H;2-8H;2-5H,1H3. The Morgan fingerprint density at radius 2 is 1.12 bits per heavy atom.